The molecule has 0 bridgehead atoms. The second-order valence-electron chi connectivity index (χ2n) is 5.60. The Bertz CT molecular complexity index is 808. The lowest BCUT2D eigenvalue weighted by atomic mass is 10.2. The van der Waals surface area contributed by atoms with Crippen LogP contribution in [0.3, 0.4) is 0 Å². The van der Waals surface area contributed by atoms with Crippen molar-refractivity contribution < 1.29 is 4.74 Å². The molecule has 0 aliphatic carbocycles. The minimum atomic E-state index is 0.567. The first-order valence-corrected chi connectivity index (χ1v) is 8.31. The summed E-state index contributed by atoms with van der Waals surface area (Å²) in [6.45, 7) is 3.80. The fourth-order valence-electron chi connectivity index (χ4n) is 2.57. The van der Waals surface area contributed by atoms with Crippen molar-refractivity contribution >= 4 is 17.5 Å². The van der Waals surface area contributed by atoms with E-state index in [1.165, 1.54) is 5.56 Å². The standard InChI is InChI=1S/C20H22N4O/c1-3-24(15-16-8-5-4-6-9-16)19-12-13-21-20(23-19)22-17-10-7-11-18(14-17)25-2/h4-14H,3,15H2,1-2H3,(H,21,22,23). The number of nitrogens with zero attached hydrogens (tertiary/aromatic N) is 3. The SMILES string of the molecule is CCN(Cc1ccccc1)c1ccnc(Nc2cccc(OC)c2)n1. The Kier molecular flexibility index (Phi) is 5.46. The molecule has 5 heteroatoms. The van der Waals surface area contributed by atoms with E-state index >= 15 is 0 Å². The Morgan fingerprint density at radius 1 is 1.04 bits per heavy atom. The van der Waals surface area contributed by atoms with E-state index in [0.717, 1.165) is 30.3 Å². The summed E-state index contributed by atoms with van der Waals surface area (Å²) in [7, 11) is 1.65. The average molecular weight is 334 g/mol. The van der Waals surface area contributed by atoms with E-state index in [9.17, 15) is 0 Å². The summed E-state index contributed by atoms with van der Waals surface area (Å²) in [6.07, 6.45) is 1.78. The van der Waals surface area contributed by atoms with Crippen molar-refractivity contribution in [3.05, 3.63) is 72.4 Å². The van der Waals surface area contributed by atoms with Crippen LogP contribution < -0.4 is 15.0 Å². The Morgan fingerprint density at radius 3 is 2.64 bits per heavy atom. The van der Waals surface area contributed by atoms with Crippen LogP contribution in [0.4, 0.5) is 17.5 Å². The normalized spacial score (nSPS) is 10.3. The summed E-state index contributed by atoms with van der Waals surface area (Å²) in [5, 5.41) is 3.23. The van der Waals surface area contributed by atoms with Crippen molar-refractivity contribution in [3.63, 3.8) is 0 Å². The highest BCUT2D eigenvalue weighted by Crippen LogP contribution is 2.21. The number of aromatic nitrogens is 2. The minimum absolute atomic E-state index is 0.567. The van der Waals surface area contributed by atoms with E-state index < -0.39 is 0 Å². The molecule has 0 amide bonds. The van der Waals surface area contributed by atoms with Gasteiger partial charge in [0.15, 0.2) is 0 Å². The van der Waals surface area contributed by atoms with Gasteiger partial charge in [-0.15, -0.1) is 0 Å². The highest BCUT2D eigenvalue weighted by molar-refractivity contribution is 5.57. The number of methoxy groups -OCH3 is 1. The second kappa shape index (κ2) is 8.15. The van der Waals surface area contributed by atoms with E-state index in [1.807, 2.05) is 36.4 Å². The number of benzene rings is 2. The van der Waals surface area contributed by atoms with E-state index in [0.29, 0.717) is 5.95 Å². The molecule has 5 nitrogen and oxygen atoms in total. The lowest BCUT2D eigenvalue weighted by Gasteiger charge is -2.22. The summed E-state index contributed by atoms with van der Waals surface area (Å²) in [4.78, 5) is 11.2. The third kappa shape index (κ3) is 4.47. The van der Waals surface area contributed by atoms with Gasteiger partial charge in [0.1, 0.15) is 11.6 Å². The molecule has 0 atom stereocenters. The van der Waals surface area contributed by atoms with Gasteiger partial charge in [-0.25, -0.2) is 4.98 Å². The van der Waals surface area contributed by atoms with E-state index in [-0.39, 0.29) is 0 Å². The minimum Gasteiger partial charge on any atom is -0.497 e. The topological polar surface area (TPSA) is 50.3 Å². The Hall–Kier alpha value is -3.08. The molecule has 0 aliphatic rings. The van der Waals surface area contributed by atoms with Gasteiger partial charge in [-0.1, -0.05) is 36.4 Å². The van der Waals surface area contributed by atoms with Gasteiger partial charge in [-0.3, -0.25) is 0 Å². The maximum Gasteiger partial charge on any atom is 0.229 e. The fraction of sp³-hybridized carbons (Fsp3) is 0.200. The first-order chi connectivity index (χ1) is 12.3. The Morgan fingerprint density at radius 2 is 1.88 bits per heavy atom. The van der Waals surface area contributed by atoms with Gasteiger partial charge >= 0.3 is 0 Å². The van der Waals surface area contributed by atoms with Crippen molar-refractivity contribution in [3.8, 4) is 5.75 Å². The molecule has 1 aromatic heterocycles. The van der Waals surface area contributed by atoms with Crippen LogP contribution in [0.15, 0.2) is 66.9 Å². The molecule has 25 heavy (non-hydrogen) atoms. The zero-order valence-electron chi connectivity index (χ0n) is 14.5. The lowest BCUT2D eigenvalue weighted by Crippen LogP contribution is -2.23. The maximum absolute atomic E-state index is 5.25. The summed E-state index contributed by atoms with van der Waals surface area (Å²) < 4.78 is 5.25. The molecule has 0 spiro atoms. The number of rotatable bonds is 7. The van der Waals surface area contributed by atoms with Crippen LogP contribution in [-0.4, -0.2) is 23.6 Å². The molecule has 1 heterocycles. The number of hydrogen-bond donors (Lipinski definition) is 1. The predicted octanol–water partition coefficient (Wildman–Crippen LogP) is 4.26. The number of ether oxygens (including phenoxy) is 1. The molecule has 128 valence electrons. The smallest absolute Gasteiger partial charge is 0.229 e. The molecule has 0 saturated carbocycles. The van der Waals surface area contributed by atoms with Crippen LogP contribution in [0.5, 0.6) is 5.75 Å². The summed E-state index contributed by atoms with van der Waals surface area (Å²) >= 11 is 0. The quantitative estimate of drug-likeness (QED) is 0.700. The zero-order chi connectivity index (χ0) is 17.5. The van der Waals surface area contributed by atoms with Crippen molar-refractivity contribution in [2.45, 2.75) is 13.5 Å². The predicted molar refractivity (Wildman–Crippen MR) is 101 cm³/mol. The first-order valence-electron chi connectivity index (χ1n) is 8.31. The van der Waals surface area contributed by atoms with Crippen molar-refractivity contribution in [2.24, 2.45) is 0 Å². The number of nitrogens with one attached hydrogen (secondary N) is 1. The van der Waals surface area contributed by atoms with Gasteiger partial charge < -0.3 is 15.0 Å². The summed E-state index contributed by atoms with van der Waals surface area (Å²) in [6, 6.07) is 20.0. The second-order valence-corrected chi connectivity index (χ2v) is 5.60. The third-order valence-electron chi connectivity index (χ3n) is 3.89. The maximum atomic E-state index is 5.25. The average Bonchev–Trinajstić information content (AvgIpc) is 2.67. The molecule has 2 aromatic carbocycles. The van der Waals surface area contributed by atoms with Crippen molar-refractivity contribution in [1.82, 2.24) is 9.97 Å². The van der Waals surface area contributed by atoms with Gasteiger partial charge in [0.25, 0.3) is 0 Å². The van der Waals surface area contributed by atoms with Crippen LogP contribution in [0.2, 0.25) is 0 Å². The fourth-order valence-corrected chi connectivity index (χ4v) is 2.57. The molecular formula is C20H22N4O. The Labute approximate surface area is 148 Å². The summed E-state index contributed by atoms with van der Waals surface area (Å²) in [5.74, 6) is 2.25. The van der Waals surface area contributed by atoms with Gasteiger partial charge in [0, 0.05) is 31.0 Å². The molecule has 0 saturated heterocycles. The van der Waals surface area contributed by atoms with Crippen LogP contribution in [0.1, 0.15) is 12.5 Å². The van der Waals surface area contributed by atoms with Crippen LogP contribution in [-0.2, 0) is 6.54 Å². The first kappa shape index (κ1) is 16.8. The molecule has 0 aliphatic heterocycles. The van der Waals surface area contributed by atoms with Crippen LogP contribution >= 0.6 is 0 Å². The molecular weight excluding hydrogens is 312 g/mol. The molecule has 3 rings (SSSR count). The molecule has 0 fully saturated rings. The largest absolute Gasteiger partial charge is 0.497 e. The molecule has 3 aromatic rings. The van der Waals surface area contributed by atoms with Crippen molar-refractivity contribution in [1.29, 1.82) is 0 Å². The zero-order valence-corrected chi connectivity index (χ0v) is 14.5. The van der Waals surface area contributed by atoms with Crippen molar-refractivity contribution in [2.75, 3.05) is 23.9 Å². The van der Waals surface area contributed by atoms with E-state index in [2.05, 4.69) is 51.4 Å². The summed E-state index contributed by atoms with van der Waals surface area (Å²) in [5.41, 5.74) is 2.15. The monoisotopic (exact) mass is 334 g/mol. The van der Waals surface area contributed by atoms with Gasteiger partial charge in [-0.05, 0) is 30.7 Å². The molecule has 1 N–H and O–H groups in total. The van der Waals surface area contributed by atoms with Gasteiger partial charge in [0.2, 0.25) is 5.95 Å². The number of hydrogen-bond acceptors (Lipinski definition) is 5. The highest BCUT2D eigenvalue weighted by atomic mass is 16.5. The van der Waals surface area contributed by atoms with E-state index in [4.69, 9.17) is 4.74 Å². The highest BCUT2D eigenvalue weighted by Gasteiger charge is 2.08. The third-order valence-corrected chi connectivity index (χ3v) is 3.89. The lowest BCUT2D eigenvalue weighted by molar-refractivity contribution is 0.415. The van der Waals surface area contributed by atoms with E-state index in [1.54, 1.807) is 13.3 Å². The van der Waals surface area contributed by atoms with Crippen LogP contribution in [0, 0.1) is 0 Å². The Balaban J connectivity index is 1.77. The van der Waals surface area contributed by atoms with Crippen LogP contribution in [0.25, 0.3) is 0 Å². The van der Waals surface area contributed by atoms with Gasteiger partial charge in [-0.2, -0.15) is 4.98 Å². The number of anilines is 3. The van der Waals surface area contributed by atoms with Gasteiger partial charge in [0.05, 0.1) is 7.11 Å². The molecule has 0 radical (unpaired) electrons. The molecule has 0 unspecified atom stereocenters.